The molecule has 94 valence electrons. The van der Waals surface area contributed by atoms with E-state index in [0.29, 0.717) is 0 Å². The number of hydrogen-bond acceptors (Lipinski definition) is 5. The van der Waals surface area contributed by atoms with Crippen molar-refractivity contribution >= 4 is 27.4 Å². The second-order valence-electron chi connectivity index (χ2n) is 5.66. The number of thiophene rings is 1. The molecular formula is C13H16N4S. The highest BCUT2D eigenvalue weighted by molar-refractivity contribution is 7.18. The molecule has 0 unspecified atom stereocenters. The summed E-state index contributed by atoms with van der Waals surface area (Å²) in [6, 6.07) is 0. The predicted molar refractivity (Wildman–Crippen MR) is 74.0 cm³/mol. The van der Waals surface area contributed by atoms with Crippen LogP contribution in [0.1, 0.15) is 18.4 Å². The van der Waals surface area contributed by atoms with E-state index in [1.165, 1.54) is 23.1 Å². The summed E-state index contributed by atoms with van der Waals surface area (Å²) in [6.07, 6.45) is 4.29. The van der Waals surface area contributed by atoms with E-state index in [4.69, 9.17) is 5.73 Å². The molecule has 2 aliphatic rings. The first kappa shape index (κ1) is 10.7. The zero-order valence-electron chi connectivity index (χ0n) is 10.4. The average Bonchev–Trinajstić information content (AvgIpc) is 3.11. The minimum atomic E-state index is 0.0452. The smallest absolute Gasteiger partial charge is 0.150 e. The molecule has 0 aromatic carbocycles. The van der Waals surface area contributed by atoms with Crippen molar-refractivity contribution < 1.29 is 0 Å². The number of fused-ring (bicyclic) bond motifs is 1. The van der Waals surface area contributed by atoms with Gasteiger partial charge in [0, 0.05) is 13.1 Å². The van der Waals surface area contributed by atoms with Crippen molar-refractivity contribution in [3.8, 4) is 0 Å². The van der Waals surface area contributed by atoms with Crippen molar-refractivity contribution in [2.75, 3.05) is 18.0 Å². The van der Waals surface area contributed by atoms with Crippen LogP contribution in [-0.4, -0.2) is 28.6 Å². The molecule has 0 amide bonds. The summed E-state index contributed by atoms with van der Waals surface area (Å²) in [4.78, 5) is 11.1. The van der Waals surface area contributed by atoms with Crippen LogP contribution < -0.4 is 10.6 Å². The maximum absolute atomic E-state index is 6.40. The normalized spacial score (nSPS) is 22.2. The third kappa shape index (κ3) is 1.40. The lowest BCUT2D eigenvalue weighted by atomic mass is 9.86. The molecule has 4 rings (SSSR count). The molecule has 2 aromatic rings. The van der Waals surface area contributed by atoms with Crippen LogP contribution in [-0.2, 0) is 0 Å². The molecule has 1 saturated heterocycles. The van der Waals surface area contributed by atoms with Crippen LogP contribution in [0.2, 0.25) is 0 Å². The van der Waals surface area contributed by atoms with E-state index in [1.807, 2.05) is 0 Å². The lowest BCUT2D eigenvalue weighted by Gasteiger charge is -2.49. The second-order valence-corrected chi connectivity index (χ2v) is 6.54. The summed E-state index contributed by atoms with van der Waals surface area (Å²) in [5.41, 5.74) is 8.77. The van der Waals surface area contributed by atoms with Crippen LogP contribution in [0.3, 0.4) is 0 Å². The minimum absolute atomic E-state index is 0.0452. The van der Waals surface area contributed by atoms with Gasteiger partial charge in [-0.1, -0.05) is 0 Å². The third-order valence-corrected chi connectivity index (χ3v) is 5.26. The Morgan fingerprint density at radius 3 is 2.89 bits per heavy atom. The van der Waals surface area contributed by atoms with Crippen molar-refractivity contribution in [3.05, 3.63) is 17.3 Å². The molecular weight excluding hydrogens is 244 g/mol. The molecule has 5 heteroatoms. The fraction of sp³-hybridized carbons (Fsp3) is 0.538. The molecule has 0 bridgehead atoms. The van der Waals surface area contributed by atoms with Gasteiger partial charge in [0.2, 0.25) is 0 Å². The maximum atomic E-state index is 6.40. The van der Waals surface area contributed by atoms with Crippen LogP contribution in [0.5, 0.6) is 0 Å². The Bertz CT molecular complexity index is 610. The van der Waals surface area contributed by atoms with Gasteiger partial charge in [-0.15, -0.1) is 11.3 Å². The van der Waals surface area contributed by atoms with E-state index >= 15 is 0 Å². The molecule has 2 aromatic heterocycles. The van der Waals surface area contributed by atoms with Crippen LogP contribution in [0.4, 0.5) is 5.82 Å². The Labute approximate surface area is 110 Å². The van der Waals surface area contributed by atoms with Gasteiger partial charge in [0.1, 0.15) is 12.1 Å². The highest BCUT2D eigenvalue weighted by atomic mass is 32.1. The predicted octanol–water partition coefficient (Wildman–Crippen LogP) is 1.93. The van der Waals surface area contributed by atoms with Crippen molar-refractivity contribution in [1.29, 1.82) is 0 Å². The maximum Gasteiger partial charge on any atom is 0.150 e. The van der Waals surface area contributed by atoms with Crippen molar-refractivity contribution in [3.63, 3.8) is 0 Å². The van der Waals surface area contributed by atoms with Crippen LogP contribution >= 0.6 is 11.3 Å². The Hall–Kier alpha value is -1.20. The SMILES string of the molecule is Cc1csc2c(N3CC(N)(C4CC4)C3)ncnc12. The van der Waals surface area contributed by atoms with Gasteiger partial charge in [0.15, 0.2) is 0 Å². The lowest BCUT2D eigenvalue weighted by molar-refractivity contribution is 0.290. The van der Waals surface area contributed by atoms with E-state index in [9.17, 15) is 0 Å². The number of nitrogens with two attached hydrogens (primary N) is 1. The first-order valence-electron chi connectivity index (χ1n) is 6.40. The van der Waals surface area contributed by atoms with Crippen LogP contribution in [0.15, 0.2) is 11.7 Å². The molecule has 0 radical (unpaired) electrons. The topological polar surface area (TPSA) is 55.0 Å². The average molecular weight is 260 g/mol. The summed E-state index contributed by atoms with van der Waals surface area (Å²) in [5, 5.41) is 2.15. The summed E-state index contributed by atoms with van der Waals surface area (Å²) < 4.78 is 1.20. The minimum Gasteiger partial charge on any atom is -0.351 e. The highest BCUT2D eigenvalue weighted by Crippen LogP contribution is 2.45. The molecule has 4 nitrogen and oxygen atoms in total. The van der Waals surface area contributed by atoms with Gasteiger partial charge in [-0.2, -0.15) is 0 Å². The van der Waals surface area contributed by atoms with E-state index in [2.05, 4.69) is 27.2 Å². The quantitative estimate of drug-likeness (QED) is 0.896. The lowest BCUT2D eigenvalue weighted by Crippen LogP contribution is -2.69. The fourth-order valence-corrected chi connectivity index (χ4v) is 3.93. The molecule has 1 saturated carbocycles. The number of hydrogen-bond donors (Lipinski definition) is 1. The van der Waals surface area contributed by atoms with E-state index < -0.39 is 0 Å². The molecule has 0 spiro atoms. The first-order valence-corrected chi connectivity index (χ1v) is 7.28. The molecule has 1 aliphatic heterocycles. The molecule has 1 aliphatic carbocycles. The Morgan fingerprint density at radius 2 is 2.17 bits per heavy atom. The Morgan fingerprint density at radius 1 is 1.39 bits per heavy atom. The van der Waals surface area contributed by atoms with Gasteiger partial charge >= 0.3 is 0 Å². The van der Waals surface area contributed by atoms with Crippen molar-refractivity contribution in [2.45, 2.75) is 25.3 Å². The van der Waals surface area contributed by atoms with Gasteiger partial charge in [0.25, 0.3) is 0 Å². The second kappa shape index (κ2) is 3.42. The van der Waals surface area contributed by atoms with Gasteiger partial charge in [-0.05, 0) is 36.6 Å². The first-order chi connectivity index (χ1) is 8.67. The highest BCUT2D eigenvalue weighted by Gasteiger charge is 2.51. The van der Waals surface area contributed by atoms with E-state index in [-0.39, 0.29) is 5.54 Å². The van der Waals surface area contributed by atoms with Gasteiger partial charge in [0.05, 0.1) is 15.8 Å². The molecule has 2 N–H and O–H groups in total. The molecule has 0 atom stereocenters. The van der Waals surface area contributed by atoms with Gasteiger partial charge in [-0.25, -0.2) is 9.97 Å². The number of rotatable bonds is 2. The van der Waals surface area contributed by atoms with Crippen molar-refractivity contribution in [2.24, 2.45) is 11.7 Å². The van der Waals surface area contributed by atoms with Crippen molar-refractivity contribution in [1.82, 2.24) is 9.97 Å². The Kier molecular flexibility index (Phi) is 2.03. The molecule has 3 heterocycles. The number of aromatic nitrogens is 2. The number of nitrogens with zero attached hydrogens (tertiary/aromatic N) is 3. The Balaban J connectivity index is 1.68. The zero-order chi connectivity index (χ0) is 12.3. The number of aryl methyl sites for hydroxylation is 1. The standard InChI is InChI=1S/C13H16N4S/c1-8-4-18-11-10(8)15-7-16-12(11)17-5-13(14,6-17)9-2-3-9/h4,7,9H,2-3,5-6,14H2,1H3. The summed E-state index contributed by atoms with van der Waals surface area (Å²) in [6.45, 7) is 3.99. The number of anilines is 1. The third-order valence-electron chi connectivity index (χ3n) is 4.17. The van der Waals surface area contributed by atoms with E-state index in [1.54, 1.807) is 17.7 Å². The van der Waals surface area contributed by atoms with Crippen LogP contribution in [0, 0.1) is 12.8 Å². The zero-order valence-corrected chi connectivity index (χ0v) is 11.2. The summed E-state index contributed by atoms with van der Waals surface area (Å²) in [7, 11) is 0. The monoisotopic (exact) mass is 260 g/mol. The van der Waals surface area contributed by atoms with Crippen LogP contribution in [0.25, 0.3) is 10.2 Å². The summed E-state index contributed by atoms with van der Waals surface area (Å²) in [5.74, 6) is 1.82. The van der Waals surface area contributed by atoms with Gasteiger partial charge < -0.3 is 10.6 Å². The molecule has 18 heavy (non-hydrogen) atoms. The van der Waals surface area contributed by atoms with Gasteiger partial charge in [-0.3, -0.25) is 0 Å². The van der Waals surface area contributed by atoms with E-state index in [0.717, 1.165) is 30.3 Å². The fourth-order valence-electron chi connectivity index (χ4n) is 2.91. The summed E-state index contributed by atoms with van der Waals surface area (Å²) >= 11 is 1.73. The largest absolute Gasteiger partial charge is 0.351 e. The molecule has 2 fully saturated rings.